The first kappa shape index (κ1) is 12.8. The Bertz CT molecular complexity index is 354. The smallest absolute Gasteiger partial charge is 0.102 e. The molecular weight excluding hydrogens is 210 g/mol. The van der Waals surface area contributed by atoms with E-state index in [0.29, 0.717) is 29.7 Å². The van der Waals surface area contributed by atoms with Crippen LogP contribution in [-0.4, -0.2) is 6.54 Å². The van der Waals surface area contributed by atoms with Gasteiger partial charge in [0, 0.05) is 0 Å². The molecule has 0 spiro atoms. The van der Waals surface area contributed by atoms with Crippen LogP contribution in [0.3, 0.4) is 0 Å². The molecule has 96 valence electrons. The molecule has 0 radical (unpaired) electrons. The Kier molecular flexibility index (Phi) is 2.95. The summed E-state index contributed by atoms with van der Waals surface area (Å²) in [6.45, 7) is 12.3. The van der Waals surface area contributed by atoms with Crippen LogP contribution in [0, 0.1) is 33.5 Å². The third-order valence-corrected chi connectivity index (χ3v) is 5.92. The maximum absolute atomic E-state index is 10.6. The van der Waals surface area contributed by atoms with E-state index < -0.39 is 0 Å². The molecule has 1 saturated carbocycles. The zero-order chi connectivity index (χ0) is 12.8. The topological polar surface area (TPSA) is 29.4 Å². The van der Waals surface area contributed by atoms with E-state index in [2.05, 4.69) is 45.9 Å². The molecule has 1 fully saturated rings. The summed E-state index contributed by atoms with van der Waals surface area (Å²) in [5.74, 6) is 1.95. The molecule has 3 atom stereocenters. The zero-order valence-electron chi connectivity index (χ0n) is 11.8. The summed E-state index contributed by atoms with van der Waals surface area (Å²) < 4.78 is 0. The molecule has 2 nitrogen and oxygen atoms in total. The van der Waals surface area contributed by atoms with Crippen LogP contribution in [-0.2, 0) is 0 Å². The maximum Gasteiger partial charge on any atom is 0.102 e. The van der Waals surface area contributed by atoms with Gasteiger partial charge in [0.25, 0.3) is 0 Å². The summed E-state index contributed by atoms with van der Waals surface area (Å²) in [5.41, 5.74) is 1.96. The van der Waals surface area contributed by atoms with Gasteiger partial charge in [-0.15, -0.1) is 0 Å². The number of rotatable bonds is 2. The zero-order valence-corrected chi connectivity index (χ0v) is 11.8. The molecule has 0 N–H and O–H groups in total. The Hall–Kier alpha value is -0.660. The van der Waals surface area contributed by atoms with Gasteiger partial charge < -0.3 is 0 Å². The van der Waals surface area contributed by atoms with Crippen molar-refractivity contribution in [3.05, 3.63) is 16.6 Å². The van der Waals surface area contributed by atoms with Crippen molar-refractivity contribution in [2.24, 2.45) is 33.8 Å². The van der Waals surface area contributed by atoms with E-state index in [4.69, 9.17) is 0 Å². The molecule has 0 aromatic carbocycles. The Morgan fingerprint density at radius 1 is 1.29 bits per heavy atom. The lowest BCUT2D eigenvalue weighted by atomic mass is 9.68. The number of nitrogens with zero attached hydrogens (tertiary/aromatic N) is 1. The number of hydrogen-bond acceptors (Lipinski definition) is 2. The van der Waals surface area contributed by atoms with Gasteiger partial charge in [-0.3, -0.25) is 0 Å². The van der Waals surface area contributed by atoms with Gasteiger partial charge in [-0.05, 0) is 47.0 Å². The van der Waals surface area contributed by atoms with Crippen molar-refractivity contribution in [3.8, 4) is 0 Å². The fraction of sp³-hybridized carbons (Fsp3) is 0.867. The lowest BCUT2D eigenvalue weighted by Gasteiger charge is -2.37. The first-order valence-corrected chi connectivity index (χ1v) is 6.81. The second kappa shape index (κ2) is 3.93. The monoisotopic (exact) mass is 235 g/mol. The summed E-state index contributed by atoms with van der Waals surface area (Å²) in [6, 6.07) is 0. The van der Waals surface area contributed by atoms with Crippen LogP contribution in [0.5, 0.6) is 0 Å². The third kappa shape index (κ3) is 1.68. The first-order chi connectivity index (χ1) is 7.83. The van der Waals surface area contributed by atoms with Gasteiger partial charge in [0.1, 0.15) is 6.54 Å². The lowest BCUT2D eigenvalue weighted by Crippen LogP contribution is -2.30. The highest BCUT2D eigenvalue weighted by atomic mass is 16.3. The van der Waals surface area contributed by atoms with Gasteiger partial charge in [-0.2, -0.15) is 4.91 Å². The molecule has 0 saturated heterocycles. The Morgan fingerprint density at radius 3 is 2.53 bits per heavy atom. The van der Waals surface area contributed by atoms with Gasteiger partial charge >= 0.3 is 0 Å². The summed E-state index contributed by atoms with van der Waals surface area (Å²) >= 11 is 0. The van der Waals surface area contributed by atoms with Crippen molar-refractivity contribution in [2.75, 3.05) is 6.54 Å². The van der Waals surface area contributed by atoms with Crippen LogP contribution < -0.4 is 0 Å². The average molecular weight is 235 g/mol. The Balaban J connectivity index is 2.43. The largest absolute Gasteiger partial charge is 0.150 e. The summed E-state index contributed by atoms with van der Waals surface area (Å²) in [6.07, 6.45) is 4.67. The van der Waals surface area contributed by atoms with Crippen molar-refractivity contribution in [2.45, 2.75) is 47.5 Å². The molecule has 0 amide bonds. The number of hydrogen-bond donors (Lipinski definition) is 0. The van der Waals surface area contributed by atoms with Gasteiger partial charge in [0.05, 0.1) is 0 Å². The normalized spacial score (nSPS) is 38.4. The molecule has 0 aromatic heterocycles. The Morgan fingerprint density at radius 2 is 1.94 bits per heavy atom. The molecule has 0 heterocycles. The number of allylic oxidation sites excluding steroid dienone is 1. The molecule has 2 aliphatic carbocycles. The molecule has 0 bridgehead atoms. The highest BCUT2D eigenvalue weighted by Crippen LogP contribution is 2.64. The summed E-state index contributed by atoms with van der Waals surface area (Å²) in [7, 11) is 0. The quantitative estimate of drug-likeness (QED) is 0.515. The number of fused-ring (bicyclic) bond motifs is 1. The summed E-state index contributed by atoms with van der Waals surface area (Å²) in [4.78, 5) is 10.6. The first-order valence-electron chi connectivity index (χ1n) is 6.81. The van der Waals surface area contributed by atoms with Crippen molar-refractivity contribution in [1.82, 2.24) is 0 Å². The lowest BCUT2D eigenvalue weighted by molar-refractivity contribution is 0.151. The van der Waals surface area contributed by atoms with Crippen molar-refractivity contribution < 1.29 is 0 Å². The SMILES string of the molecule is CC1C(C)(C)C2CCC=C(CN=O)C2C1(C)C. The van der Waals surface area contributed by atoms with Gasteiger partial charge in [-0.25, -0.2) is 0 Å². The van der Waals surface area contributed by atoms with Crippen LogP contribution >= 0.6 is 0 Å². The third-order valence-electron chi connectivity index (χ3n) is 5.92. The predicted octanol–water partition coefficient (Wildman–Crippen LogP) is 4.41. The number of nitroso groups, excluding NO2 is 1. The van der Waals surface area contributed by atoms with Gasteiger partial charge in [-0.1, -0.05) is 45.9 Å². The fourth-order valence-corrected chi connectivity index (χ4v) is 4.58. The molecule has 2 aliphatic rings. The van der Waals surface area contributed by atoms with Crippen molar-refractivity contribution in [1.29, 1.82) is 0 Å². The molecule has 0 aromatic rings. The maximum atomic E-state index is 10.6. The minimum atomic E-state index is 0.283. The molecule has 0 aliphatic heterocycles. The van der Waals surface area contributed by atoms with Gasteiger partial charge in [0.2, 0.25) is 0 Å². The van der Waals surface area contributed by atoms with Gasteiger partial charge in [0.15, 0.2) is 0 Å². The van der Waals surface area contributed by atoms with E-state index in [1.807, 2.05) is 0 Å². The fourth-order valence-electron chi connectivity index (χ4n) is 4.58. The van der Waals surface area contributed by atoms with E-state index in [-0.39, 0.29) is 5.41 Å². The van der Waals surface area contributed by atoms with Crippen LogP contribution in [0.2, 0.25) is 0 Å². The van der Waals surface area contributed by atoms with E-state index in [1.54, 1.807) is 0 Å². The molecule has 3 unspecified atom stereocenters. The highest BCUT2D eigenvalue weighted by molar-refractivity contribution is 5.23. The molecule has 2 heteroatoms. The highest BCUT2D eigenvalue weighted by Gasteiger charge is 2.58. The van der Waals surface area contributed by atoms with Crippen LogP contribution in [0.15, 0.2) is 16.8 Å². The molecule has 2 rings (SSSR count). The van der Waals surface area contributed by atoms with Crippen molar-refractivity contribution >= 4 is 0 Å². The molecule has 17 heavy (non-hydrogen) atoms. The second-order valence-corrected chi connectivity index (χ2v) is 7.09. The second-order valence-electron chi connectivity index (χ2n) is 7.09. The van der Waals surface area contributed by atoms with Crippen LogP contribution in [0.1, 0.15) is 47.5 Å². The standard InChI is InChI=1S/C15H25NO/c1-10-14(2,3)12-8-6-7-11(9-16-17)13(12)15(10,4)5/h7,10,12-13H,6,8-9H2,1-5H3. The average Bonchev–Trinajstić information content (AvgIpc) is 2.40. The Labute approximate surface area is 105 Å². The predicted molar refractivity (Wildman–Crippen MR) is 71.7 cm³/mol. The van der Waals surface area contributed by atoms with E-state index in [1.165, 1.54) is 12.0 Å². The summed E-state index contributed by atoms with van der Waals surface area (Å²) in [5, 5.41) is 3.14. The van der Waals surface area contributed by atoms with E-state index in [0.717, 1.165) is 6.42 Å². The van der Waals surface area contributed by atoms with Crippen molar-refractivity contribution in [3.63, 3.8) is 0 Å². The van der Waals surface area contributed by atoms with Crippen LogP contribution in [0.4, 0.5) is 0 Å². The van der Waals surface area contributed by atoms with Crippen LogP contribution in [0.25, 0.3) is 0 Å². The van der Waals surface area contributed by atoms with E-state index >= 15 is 0 Å². The minimum Gasteiger partial charge on any atom is -0.150 e. The minimum absolute atomic E-state index is 0.283. The van der Waals surface area contributed by atoms with E-state index in [9.17, 15) is 4.91 Å². The molecular formula is C15H25NO.